The Labute approximate surface area is 99.6 Å². The first kappa shape index (κ1) is 11.1. The highest BCUT2D eigenvalue weighted by atomic mass is 16.3. The second-order valence-electron chi connectivity index (χ2n) is 7.87. The SMILES string of the molecule is C[C@@H]1CC[C@@H]2[C@@H]3[C@@](C)(CC[C@@]13O)CC2(C)C. The normalized spacial score (nSPS) is 58.7. The highest BCUT2D eigenvalue weighted by molar-refractivity contribution is 5.17. The Morgan fingerprint density at radius 3 is 2.44 bits per heavy atom. The Balaban J connectivity index is 2.07. The molecule has 0 aromatic heterocycles. The van der Waals surface area contributed by atoms with Gasteiger partial charge in [-0.05, 0) is 60.7 Å². The summed E-state index contributed by atoms with van der Waals surface area (Å²) in [5, 5.41) is 11.1. The highest BCUT2D eigenvalue weighted by Gasteiger charge is 2.67. The summed E-state index contributed by atoms with van der Waals surface area (Å²) in [5.41, 5.74) is 0.553. The largest absolute Gasteiger partial charge is 0.389 e. The van der Waals surface area contributed by atoms with E-state index < -0.39 is 0 Å². The zero-order valence-electron chi connectivity index (χ0n) is 11.2. The number of rotatable bonds is 0. The fraction of sp³-hybridized carbons (Fsp3) is 1.00. The van der Waals surface area contributed by atoms with Crippen molar-refractivity contribution in [1.29, 1.82) is 0 Å². The molecule has 0 amide bonds. The molecule has 0 aromatic carbocycles. The van der Waals surface area contributed by atoms with Crippen molar-refractivity contribution >= 4 is 0 Å². The predicted octanol–water partition coefficient (Wildman–Crippen LogP) is 3.61. The van der Waals surface area contributed by atoms with Crippen molar-refractivity contribution in [3.8, 4) is 0 Å². The van der Waals surface area contributed by atoms with E-state index in [-0.39, 0.29) is 5.60 Å². The van der Waals surface area contributed by atoms with Crippen LogP contribution in [0.25, 0.3) is 0 Å². The van der Waals surface area contributed by atoms with Gasteiger partial charge in [-0.15, -0.1) is 0 Å². The molecule has 3 rings (SSSR count). The van der Waals surface area contributed by atoms with Crippen LogP contribution in [-0.2, 0) is 0 Å². The van der Waals surface area contributed by atoms with Crippen LogP contribution in [0.15, 0.2) is 0 Å². The van der Waals surface area contributed by atoms with E-state index in [4.69, 9.17) is 0 Å². The Morgan fingerprint density at radius 2 is 1.75 bits per heavy atom. The number of hydrogen-bond donors (Lipinski definition) is 1. The van der Waals surface area contributed by atoms with Crippen molar-refractivity contribution in [3.05, 3.63) is 0 Å². The Morgan fingerprint density at radius 1 is 1.06 bits per heavy atom. The minimum absolute atomic E-state index is 0.328. The average Bonchev–Trinajstić information content (AvgIpc) is 2.53. The molecule has 92 valence electrons. The van der Waals surface area contributed by atoms with Crippen LogP contribution in [0.2, 0.25) is 0 Å². The van der Waals surface area contributed by atoms with Crippen LogP contribution in [0.5, 0.6) is 0 Å². The second kappa shape index (κ2) is 2.85. The monoisotopic (exact) mass is 222 g/mol. The quantitative estimate of drug-likeness (QED) is 0.664. The van der Waals surface area contributed by atoms with Crippen LogP contribution < -0.4 is 0 Å². The second-order valence-corrected chi connectivity index (χ2v) is 7.87. The molecule has 0 aromatic rings. The molecule has 0 aliphatic heterocycles. The molecular formula is C15H26O. The minimum atomic E-state index is -0.328. The molecule has 3 aliphatic carbocycles. The van der Waals surface area contributed by atoms with Gasteiger partial charge < -0.3 is 5.11 Å². The van der Waals surface area contributed by atoms with Gasteiger partial charge in [0.2, 0.25) is 0 Å². The molecule has 3 saturated carbocycles. The average molecular weight is 222 g/mol. The molecule has 3 aliphatic rings. The first-order valence-corrected chi connectivity index (χ1v) is 7.02. The van der Waals surface area contributed by atoms with Gasteiger partial charge in [0.15, 0.2) is 0 Å². The van der Waals surface area contributed by atoms with Crippen molar-refractivity contribution in [2.75, 3.05) is 0 Å². The van der Waals surface area contributed by atoms with Crippen LogP contribution >= 0.6 is 0 Å². The van der Waals surface area contributed by atoms with Crippen LogP contribution in [0, 0.1) is 28.6 Å². The summed E-state index contributed by atoms with van der Waals surface area (Å²) in [6, 6.07) is 0. The molecule has 1 nitrogen and oxygen atoms in total. The van der Waals surface area contributed by atoms with E-state index in [1.807, 2.05) is 0 Å². The summed E-state index contributed by atoms with van der Waals surface area (Å²) in [6.07, 6.45) is 6.21. The summed E-state index contributed by atoms with van der Waals surface area (Å²) in [6.45, 7) is 9.57. The lowest BCUT2D eigenvalue weighted by Crippen LogP contribution is -2.49. The molecule has 1 N–H and O–H groups in total. The lowest BCUT2D eigenvalue weighted by atomic mass is 9.61. The van der Waals surface area contributed by atoms with Gasteiger partial charge >= 0.3 is 0 Å². The van der Waals surface area contributed by atoms with Crippen molar-refractivity contribution in [2.45, 2.75) is 65.4 Å². The molecule has 0 bridgehead atoms. The molecule has 0 heterocycles. The fourth-order valence-electron chi connectivity index (χ4n) is 5.85. The summed E-state index contributed by atoms with van der Waals surface area (Å²) in [7, 11) is 0. The third-order valence-corrected chi connectivity index (χ3v) is 6.42. The molecular weight excluding hydrogens is 196 g/mol. The van der Waals surface area contributed by atoms with E-state index in [0.717, 1.165) is 12.3 Å². The van der Waals surface area contributed by atoms with E-state index >= 15 is 0 Å². The number of aliphatic hydroxyl groups is 1. The minimum Gasteiger partial charge on any atom is -0.389 e. The third-order valence-electron chi connectivity index (χ3n) is 6.42. The molecule has 0 unspecified atom stereocenters. The smallest absolute Gasteiger partial charge is 0.0709 e. The van der Waals surface area contributed by atoms with Gasteiger partial charge in [-0.1, -0.05) is 27.7 Å². The van der Waals surface area contributed by atoms with Crippen LogP contribution in [0.4, 0.5) is 0 Å². The summed E-state index contributed by atoms with van der Waals surface area (Å²) < 4.78 is 0. The van der Waals surface area contributed by atoms with Crippen LogP contribution in [0.1, 0.15) is 59.8 Å². The molecule has 16 heavy (non-hydrogen) atoms. The fourth-order valence-corrected chi connectivity index (χ4v) is 5.85. The molecule has 1 heteroatoms. The van der Waals surface area contributed by atoms with Gasteiger partial charge in [0.1, 0.15) is 0 Å². The van der Waals surface area contributed by atoms with E-state index in [2.05, 4.69) is 27.7 Å². The zero-order chi connectivity index (χ0) is 11.8. The van der Waals surface area contributed by atoms with Gasteiger partial charge in [-0.25, -0.2) is 0 Å². The topological polar surface area (TPSA) is 20.2 Å². The van der Waals surface area contributed by atoms with Crippen molar-refractivity contribution < 1.29 is 5.11 Å². The van der Waals surface area contributed by atoms with E-state index in [9.17, 15) is 5.11 Å². The summed E-state index contributed by atoms with van der Waals surface area (Å²) in [4.78, 5) is 0. The van der Waals surface area contributed by atoms with Crippen molar-refractivity contribution in [3.63, 3.8) is 0 Å². The lowest BCUT2D eigenvalue weighted by Gasteiger charge is -2.47. The Kier molecular flexibility index (Phi) is 1.98. The lowest BCUT2D eigenvalue weighted by molar-refractivity contribution is -0.110. The maximum Gasteiger partial charge on any atom is 0.0709 e. The van der Waals surface area contributed by atoms with E-state index in [0.29, 0.717) is 22.7 Å². The molecule has 0 saturated heterocycles. The van der Waals surface area contributed by atoms with Gasteiger partial charge in [0.25, 0.3) is 0 Å². The molecule has 0 spiro atoms. The molecule has 3 fully saturated rings. The molecule has 0 radical (unpaired) electrons. The maximum absolute atomic E-state index is 11.1. The van der Waals surface area contributed by atoms with E-state index in [1.54, 1.807) is 0 Å². The first-order valence-electron chi connectivity index (χ1n) is 7.02. The van der Waals surface area contributed by atoms with Gasteiger partial charge in [-0.2, -0.15) is 0 Å². The van der Waals surface area contributed by atoms with Gasteiger partial charge in [0.05, 0.1) is 5.60 Å². The predicted molar refractivity (Wildman–Crippen MR) is 66.1 cm³/mol. The maximum atomic E-state index is 11.1. The van der Waals surface area contributed by atoms with Crippen LogP contribution in [-0.4, -0.2) is 10.7 Å². The van der Waals surface area contributed by atoms with Gasteiger partial charge in [-0.3, -0.25) is 0 Å². The standard InChI is InChI=1S/C15H26O/c1-10-5-6-11-12-14(4,9-13(11,2)3)7-8-15(10,12)16/h10-12,16H,5-9H2,1-4H3/t10-,11-,12-,14+,15-/m1/s1. The third kappa shape index (κ3) is 1.11. The van der Waals surface area contributed by atoms with Crippen molar-refractivity contribution in [2.24, 2.45) is 28.6 Å². The van der Waals surface area contributed by atoms with Gasteiger partial charge in [0, 0.05) is 0 Å². The first-order chi connectivity index (χ1) is 7.30. The summed E-state index contributed by atoms with van der Waals surface area (Å²) >= 11 is 0. The highest BCUT2D eigenvalue weighted by Crippen LogP contribution is 2.71. The van der Waals surface area contributed by atoms with E-state index in [1.165, 1.54) is 25.7 Å². The Bertz CT molecular complexity index is 321. The Hall–Kier alpha value is -0.0400. The van der Waals surface area contributed by atoms with Crippen LogP contribution in [0.3, 0.4) is 0 Å². The van der Waals surface area contributed by atoms with Crippen molar-refractivity contribution in [1.82, 2.24) is 0 Å². The number of hydrogen-bond acceptors (Lipinski definition) is 1. The molecule has 5 atom stereocenters. The summed E-state index contributed by atoms with van der Waals surface area (Å²) in [5.74, 6) is 1.87. The zero-order valence-corrected chi connectivity index (χ0v) is 11.2.